The molecule has 6 nitrogen and oxygen atoms in total. The molecule has 0 saturated carbocycles. The standard InChI is InChI=1S/C19H28N2O4/c1-19(2,3)25-18(23)21-11-5-6-14(12-21)13-24-16-9-7-15(8-10-16)17(22)20-4/h7-10,14H,5-6,11-13H2,1-4H3,(H,20,22). The molecule has 0 bridgehead atoms. The topological polar surface area (TPSA) is 67.9 Å². The van der Waals surface area contributed by atoms with Crippen LogP contribution in [0.15, 0.2) is 24.3 Å². The summed E-state index contributed by atoms with van der Waals surface area (Å²) in [4.78, 5) is 25.5. The van der Waals surface area contributed by atoms with Crippen LogP contribution in [0.4, 0.5) is 4.79 Å². The van der Waals surface area contributed by atoms with Crippen molar-refractivity contribution in [1.29, 1.82) is 0 Å². The molecule has 0 radical (unpaired) electrons. The zero-order chi connectivity index (χ0) is 18.4. The fourth-order valence-electron chi connectivity index (χ4n) is 2.75. The molecule has 1 aromatic rings. The Morgan fingerprint density at radius 3 is 2.52 bits per heavy atom. The second-order valence-electron chi connectivity index (χ2n) is 7.35. The average molecular weight is 348 g/mol. The minimum atomic E-state index is -0.479. The Kier molecular flexibility index (Phi) is 6.28. The molecule has 1 saturated heterocycles. The van der Waals surface area contributed by atoms with Gasteiger partial charge in [0.05, 0.1) is 6.61 Å². The van der Waals surface area contributed by atoms with E-state index in [0.717, 1.165) is 25.1 Å². The molecule has 1 atom stereocenters. The minimum absolute atomic E-state index is 0.119. The lowest BCUT2D eigenvalue weighted by Crippen LogP contribution is -2.44. The van der Waals surface area contributed by atoms with Crippen molar-refractivity contribution >= 4 is 12.0 Å². The molecule has 2 rings (SSSR count). The number of rotatable bonds is 4. The van der Waals surface area contributed by atoms with E-state index < -0.39 is 5.60 Å². The van der Waals surface area contributed by atoms with Gasteiger partial charge in [0.2, 0.25) is 0 Å². The molecule has 1 aromatic carbocycles. The number of nitrogens with zero attached hydrogens (tertiary/aromatic N) is 1. The van der Waals surface area contributed by atoms with E-state index in [1.807, 2.05) is 20.8 Å². The van der Waals surface area contributed by atoms with Gasteiger partial charge in [0, 0.05) is 31.6 Å². The van der Waals surface area contributed by atoms with Gasteiger partial charge in [-0.3, -0.25) is 4.79 Å². The Morgan fingerprint density at radius 1 is 1.24 bits per heavy atom. The Bertz CT molecular complexity index is 592. The summed E-state index contributed by atoms with van der Waals surface area (Å²) in [6, 6.07) is 7.06. The maximum absolute atomic E-state index is 12.2. The number of likely N-dealkylation sites (tertiary alicyclic amines) is 1. The normalized spacial score (nSPS) is 17.8. The summed E-state index contributed by atoms with van der Waals surface area (Å²) < 4.78 is 11.3. The lowest BCUT2D eigenvalue weighted by atomic mass is 9.99. The predicted molar refractivity (Wildman–Crippen MR) is 95.9 cm³/mol. The number of benzene rings is 1. The Morgan fingerprint density at radius 2 is 1.92 bits per heavy atom. The van der Waals surface area contributed by atoms with E-state index in [1.165, 1.54) is 0 Å². The van der Waals surface area contributed by atoms with Crippen molar-refractivity contribution in [3.63, 3.8) is 0 Å². The van der Waals surface area contributed by atoms with Crippen LogP contribution in [0.25, 0.3) is 0 Å². The molecule has 0 aromatic heterocycles. The number of piperidine rings is 1. The molecule has 1 aliphatic rings. The largest absolute Gasteiger partial charge is 0.493 e. The minimum Gasteiger partial charge on any atom is -0.493 e. The molecule has 1 heterocycles. The number of nitrogens with one attached hydrogen (secondary N) is 1. The quantitative estimate of drug-likeness (QED) is 0.908. The Labute approximate surface area is 149 Å². The fourth-order valence-corrected chi connectivity index (χ4v) is 2.75. The van der Waals surface area contributed by atoms with Crippen molar-refractivity contribution in [1.82, 2.24) is 10.2 Å². The fraction of sp³-hybridized carbons (Fsp3) is 0.579. The first-order valence-electron chi connectivity index (χ1n) is 8.71. The maximum atomic E-state index is 12.2. The lowest BCUT2D eigenvalue weighted by molar-refractivity contribution is 0.0139. The van der Waals surface area contributed by atoms with Crippen molar-refractivity contribution in [3.8, 4) is 5.75 Å². The average Bonchev–Trinajstić information content (AvgIpc) is 2.58. The molecule has 6 heteroatoms. The summed E-state index contributed by atoms with van der Waals surface area (Å²) in [6.07, 6.45) is 1.71. The van der Waals surface area contributed by atoms with Gasteiger partial charge in [-0.2, -0.15) is 0 Å². The highest BCUT2D eigenvalue weighted by molar-refractivity contribution is 5.94. The van der Waals surface area contributed by atoms with Gasteiger partial charge < -0.3 is 19.7 Å². The van der Waals surface area contributed by atoms with Crippen LogP contribution in [0, 0.1) is 5.92 Å². The van der Waals surface area contributed by atoms with Gasteiger partial charge in [-0.05, 0) is 57.9 Å². The molecule has 0 aliphatic carbocycles. The van der Waals surface area contributed by atoms with Gasteiger partial charge in [0.15, 0.2) is 0 Å². The molecular weight excluding hydrogens is 320 g/mol. The monoisotopic (exact) mass is 348 g/mol. The molecule has 138 valence electrons. The first-order valence-corrected chi connectivity index (χ1v) is 8.71. The van der Waals surface area contributed by atoms with E-state index in [4.69, 9.17) is 9.47 Å². The van der Waals surface area contributed by atoms with Gasteiger partial charge in [0.25, 0.3) is 5.91 Å². The zero-order valence-electron chi connectivity index (χ0n) is 15.5. The zero-order valence-corrected chi connectivity index (χ0v) is 15.5. The van der Waals surface area contributed by atoms with E-state index in [0.29, 0.717) is 18.7 Å². The van der Waals surface area contributed by atoms with Crippen molar-refractivity contribution in [2.75, 3.05) is 26.7 Å². The summed E-state index contributed by atoms with van der Waals surface area (Å²) in [6.45, 7) is 7.53. The third-order valence-corrected chi connectivity index (χ3v) is 4.00. The third-order valence-electron chi connectivity index (χ3n) is 4.00. The Hall–Kier alpha value is -2.24. The molecule has 1 N–H and O–H groups in total. The molecule has 25 heavy (non-hydrogen) atoms. The third kappa shape index (κ3) is 5.96. The van der Waals surface area contributed by atoms with E-state index in [1.54, 1.807) is 36.2 Å². The highest BCUT2D eigenvalue weighted by Crippen LogP contribution is 2.21. The number of hydrogen-bond acceptors (Lipinski definition) is 4. The summed E-state index contributed by atoms with van der Waals surface area (Å²) in [5.41, 5.74) is 0.121. The number of amides is 2. The molecular formula is C19H28N2O4. The van der Waals surface area contributed by atoms with Crippen LogP contribution in [-0.2, 0) is 4.74 Å². The van der Waals surface area contributed by atoms with Crippen LogP contribution in [0.3, 0.4) is 0 Å². The lowest BCUT2D eigenvalue weighted by Gasteiger charge is -2.34. The van der Waals surface area contributed by atoms with Gasteiger partial charge in [-0.25, -0.2) is 4.79 Å². The van der Waals surface area contributed by atoms with Crippen molar-refractivity contribution in [3.05, 3.63) is 29.8 Å². The highest BCUT2D eigenvalue weighted by atomic mass is 16.6. The van der Waals surface area contributed by atoms with E-state index in [-0.39, 0.29) is 17.9 Å². The highest BCUT2D eigenvalue weighted by Gasteiger charge is 2.27. The Balaban J connectivity index is 1.84. The van der Waals surface area contributed by atoms with Crippen LogP contribution in [0.1, 0.15) is 44.0 Å². The van der Waals surface area contributed by atoms with Crippen molar-refractivity contribution in [2.45, 2.75) is 39.2 Å². The second kappa shape index (κ2) is 8.23. The maximum Gasteiger partial charge on any atom is 0.410 e. The number of hydrogen-bond donors (Lipinski definition) is 1. The molecule has 1 aliphatic heterocycles. The molecule has 2 amide bonds. The smallest absolute Gasteiger partial charge is 0.410 e. The van der Waals surface area contributed by atoms with Crippen LogP contribution < -0.4 is 10.1 Å². The van der Waals surface area contributed by atoms with Crippen LogP contribution in [0.5, 0.6) is 5.75 Å². The summed E-state index contributed by atoms with van der Waals surface area (Å²) >= 11 is 0. The second-order valence-corrected chi connectivity index (χ2v) is 7.35. The molecule has 1 fully saturated rings. The first-order chi connectivity index (χ1) is 11.8. The van der Waals surface area contributed by atoms with E-state index in [2.05, 4.69) is 5.32 Å². The van der Waals surface area contributed by atoms with Crippen molar-refractivity contribution < 1.29 is 19.1 Å². The summed E-state index contributed by atoms with van der Waals surface area (Å²) in [5, 5.41) is 2.59. The number of carbonyl (C=O) groups is 2. The van der Waals surface area contributed by atoms with Gasteiger partial charge in [-0.1, -0.05) is 0 Å². The molecule has 0 spiro atoms. The SMILES string of the molecule is CNC(=O)c1ccc(OCC2CCCN(C(=O)OC(C)(C)C)C2)cc1. The van der Waals surface area contributed by atoms with Crippen LogP contribution >= 0.6 is 0 Å². The summed E-state index contributed by atoms with van der Waals surface area (Å²) in [7, 11) is 1.60. The molecule has 1 unspecified atom stereocenters. The van der Waals surface area contributed by atoms with Crippen LogP contribution in [-0.4, -0.2) is 49.2 Å². The van der Waals surface area contributed by atoms with Gasteiger partial charge in [0.1, 0.15) is 11.4 Å². The van der Waals surface area contributed by atoms with Gasteiger partial charge >= 0.3 is 6.09 Å². The summed E-state index contributed by atoms with van der Waals surface area (Å²) in [5.74, 6) is 0.883. The predicted octanol–water partition coefficient (Wildman–Crippen LogP) is 3.07. The van der Waals surface area contributed by atoms with Crippen molar-refractivity contribution in [2.24, 2.45) is 5.92 Å². The van der Waals surface area contributed by atoms with E-state index >= 15 is 0 Å². The van der Waals surface area contributed by atoms with E-state index in [9.17, 15) is 9.59 Å². The van der Waals surface area contributed by atoms with Crippen LogP contribution in [0.2, 0.25) is 0 Å². The number of carbonyl (C=O) groups excluding carboxylic acids is 2. The number of ether oxygens (including phenoxy) is 2. The first kappa shape index (κ1) is 19.1. The van der Waals surface area contributed by atoms with Gasteiger partial charge in [-0.15, -0.1) is 0 Å².